The highest BCUT2D eigenvalue weighted by atomic mass is 35.5. The number of benzene rings is 2. The number of nitrogens with one attached hydrogen (secondary N) is 2. The summed E-state index contributed by atoms with van der Waals surface area (Å²) in [5.41, 5.74) is 6.94. The number of amides is 2. The molecule has 4 N–H and O–H groups in total. The van der Waals surface area contributed by atoms with E-state index in [9.17, 15) is 14.4 Å². The fourth-order valence-corrected chi connectivity index (χ4v) is 2.62. The van der Waals surface area contributed by atoms with E-state index in [4.69, 9.17) is 22.1 Å². The Balaban J connectivity index is 2.07. The zero-order chi connectivity index (χ0) is 19.8. The van der Waals surface area contributed by atoms with Gasteiger partial charge in [0.15, 0.2) is 0 Å². The Bertz CT molecular complexity index is 827. The summed E-state index contributed by atoms with van der Waals surface area (Å²) in [6.07, 6.45) is 0. The molecule has 0 unspecified atom stereocenters. The Morgan fingerprint density at radius 1 is 1.11 bits per heavy atom. The van der Waals surface area contributed by atoms with Gasteiger partial charge in [0.2, 0.25) is 0 Å². The van der Waals surface area contributed by atoms with Crippen LogP contribution in [0.3, 0.4) is 0 Å². The summed E-state index contributed by atoms with van der Waals surface area (Å²) in [5.74, 6) is -1.62. The number of nitrogens with two attached hydrogens (primary N) is 1. The lowest BCUT2D eigenvalue weighted by Gasteiger charge is -2.18. The van der Waals surface area contributed by atoms with Crippen LogP contribution in [0.5, 0.6) is 0 Å². The van der Waals surface area contributed by atoms with Crippen LogP contribution in [0, 0.1) is 0 Å². The van der Waals surface area contributed by atoms with Crippen molar-refractivity contribution < 1.29 is 19.1 Å². The molecule has 0 saturated heterocycles. The summed E-state index contributed by atoms with van der Waals surface area (Å²) in [4.78, 5) is 36.6. The molecule has 27 heavy (non-hydrogen) atoms. The zero-order valence-corrected chi connectivity index (χ0v) is 15.5. The van der Waals surface area contributed by atoms with Gasteiger partial charge in [-0.3, -0.25) is 9.59 Å². The fourth-order valence-electron chi connectivity index (χ4n) is 2.33. The van der Waals surface area contributed by atoms with E-state index in [1.807, 2.05) is 0 Å². The lowest BCUT2D eigenvalue weighted by atomic mass is 10.1. The van der Waals surface area contributed by atoms with Crippen LogP contribution >= 0.6 is 11.6 Å². The van der Waals surface area contributed by atoms with E-state index in [0.29, 0.717) is 5.56 Å². The molecule has 0 aliphatic rings. The molecule has 0 radical (unpaired) electrons. The van der Waals surface area contributed by atoms with E-state index in [1.165, 1.54) is 13.2 Å². The van der Waals surface area contributed by atoms with Crippen molar-refractivity contribution in [3.8, 4) is 0 Å². The summed E-state index contributed by atoms with van der Waals surface area (Å²) in [7, 11) is 1.20. The average Bonchev–Trinajstić information content (AvgIpc) is 2.70. The van der Waals surface area contributed by atoms with Gasteiger partial charge < -0.3 is 21.1 Å². The van der Waals surface area contributed by atoms with Gasteiger partial charge in [-0.15, -0.1) is 0 Å². The molecule has 7 nitrogen and oxygen atoms in total. The molecule has 0 heterocycles. The molecule has 0 fully saturated rings. The van der Waals surface area contributed by atoms with Gasteiger partial charge in [-0.25, -0.2) is 4.79 Å². The van der Waals surface area contributed by atoms with Crippen molar-refractivity contribution in [2.75, 3.05) is 13.7 Å². The van der Waals surface area contributed by atoms with Gasteiger partial charge >= 0.3 is 5.97 Å². The molecule has 2 rings (SSSR count). The summed E-state index contributed by atoms with van der Waals surface area (Å²) < 4.78 is 4.70. The average molecular weight is 390 g/mol. The minimum absolute atomic E-state index is 0.134. The summed E-state index contributed by atoms with van der Waals surface area (Å²) in [6, 6.07) is 12.2. The molecular weight excluding hydrogens is 370 g/mol. The third-order valence-electron chi connectivity index (χ3n) is 3.81. The van der Waals surface area contributed by atoms with Crippen molar-refractivity contribution in [2.45, 2.75) is 12.6 Å². The van der Waals surface area contributed by atoms with E-state index >= 15 is 0 Å². The van der Waals surface area contributed by atoms with Gasteiger partial charge in [0, 0.05) is 18.7 Å². The second kappa shape index (κ2) is 9.70. The van der Waals surface area contributed by atoms with Crippen molar-refractivity contribution in [3.05, 3.63) is 70.2 Å². The minimum Gasteiger partial charge on any atom is -0.467 e. The van der Waals surface area contributed by atoms with E-state index in [0.717, 1.165) is 5.56 Å². The molecule has 0 spiro atoms. The second-order valence-electron chi connectivity index (χ2n) is 5.64. The van der Waals surface area contributed by atoms with Gasteiger partial charge in [-0.2, -0.15) is 0 Å². The standard InChI is InChI=1S/C19H20ClN3O4/c1-27-19(26)16(11-22-17(24)13-5-3-2-4-6-13)23-18(25)14-8-7-12(10-21)9-15(14)20/h2-9,16H,10-11,21H2,1H3,(H,22,24)(H,23,25)/t16-/m0/s1. The van der Waals surface area contributed by atoms with Crippen LogP contribution in [-0.2, 0) is 16.1 Å². The number of ether oxygens (including phenoxy) is 1. The molecule has 0 aliphatic heterocycles. The van der Waals surface area contributed by atoms with Crippen molar-refractivity contribution in [3.63, 3.8) is 0 Å². The Morgan fingerprint density at radius 3 is 2.41 bits per heavy atom. The van der Waals surface area contributed by atoms with Crippen LogP contribution in [-0.4, -0.2) is 37.5 Å². The normalized spacial score (nSPS) is 11.4. The highest BCUT2D eigenvalue weighted by Gasteiger charge is 2.24. The number of esters is 1. The Morgan fingerprint density at radius 2 is 1.81 bits per heavy atom. The van der Waals surface area contributed by atoms with Crippen molar-refractivity contribution in [2.24, 2.45) is 5.73 Å². The first-order valence-corrected chi connectivity index (χ1v) is 8.54. The van der Waals surface area contributed by atoms with Crippen LogP contribution in [0.25, 0.3) is 0 Å². The molecule has 0 saturated carbocycles. The lowest BCUT2D eigenvalue weighted by molar-refractivity contribution is -0.142. The summed E-state index contributed by atoms with van der Waals surface area (Å²) in [5, 5.41) is 5.34. The monoisotopic (exact) mass is 389 g/mol. The highest BCUT2D eigenvalue weighted by Crippen LogP contribution is 2.18. The third-order valence-corrected chi connectivity index (χ3v) is 4.12. The topological polar surface area (TPSA) is 111 Å². The van der Waals surface area contributed by atoms with Crippen molar-refractivity contribution in [1.29, 1.82) is 0 Å². The minimum atomic E-state index is -1.07. The van der Waals surface area contributed by atoms with Gasteiger partial charge in [-0.05, 0) is 29.8 Å². The van der Waals surface area contributed by atoms with Crippen LogP contribution < -0.4 is 16.4 Å². The van der Waals surface area contributed by atoms with Crippen molar-refractivity contribution >= 4 is 29.4 Å². The van der Waals surface area contributed by atoms with Crippen LogP contribution in [0.4, 0.5) is 0 Å². The molecule has 8 heteroatoms. The largest absolute Gasteiger partial charge is 0.467 e. The lowest BCUT2D eigenvalue weighted by Crippen LogP contribution is -2.49. The van der Waals surface area contributed by atoms with E-state index in [2.05, 4.69) is 10.6 Å². The Hall–Kier alpha value is -2.90. The maximum absolute atomic E-state index is 12.5. The van der Waals surface area contributed by atoms with Crippen molar-refractivity contribution in [1.82, 2.24) is 10.6 Å². The highest BCUT2D eigenvalue weighted by molar-refractivity contribution is 6.34. The molecule has 0 aliphatic carbocycles. The smallest absolute Gasteiger partial charge is 0.330 e. The van der Waals surface area contributed by atoms with E-state index in [1.54, 1.807) is 42.5 Å². The van der Waals surface area contributed by atoms with Crippen LogP contribution in [0.15, 0.2) is 48.5 Å². The second-order valence-corrected chi connectivity index (χ2v) is 6.05. The van der Waals surface area contributed by atoms with E-state index < -0.39 is 17.9 Å². The molecule has 2 aromatic rings. The molecular formula is C19H20ClN3O4. The van der Waals surface area contributed by atoms with Crippen LogP contribution in [0.2, 0.25) is 5.02 Å². The number of rotatable bonds is 7. The quantitative estimate of drug-likeness (QED) is 0.621. The molecule has 2 amide bonds. The molecule has 0 aromatic heterocycles. The summed E-state index contributed by atoms with van der Waals surface area (Å²) in [6.45, 7) is 0.155. The fraction of sp³-hybridized carbons (Fsp3) is 0.211. The van der Waals surface area contributed by atoms with Gasteiger partial charge in [0.05, 0.1) is 17.7 Å². The molecule has 1 atom stereocenters. The number of hydrogen-bond acceptors (Lipinski definition) is 5. The Kier molecular flexibility index (Phi) is 7.34. The molecule has 2 aromatic carbocycles. The number of carbonyl (C=O) groups excluding carboxylic acids is 3. The summed E-state index contributed by atoms with van der Waals surface area (Å²) >= 11 is 6.11. The Labute approximate surface area is 161 Å². The first kappa shape index (κ1) is 20.4. The van der Waals surface area contributed by atoms with E-state index in [-0.39, 0.29) is 29.6 Å². The third kappa shape index (κ3) is 5.54. The molecule has 142 valence electrons. The number of carbonyl (C=O) groups is 3. The van der Waals surface area contributed by atoms with Gasteiger partial charge in [-0.1, -0.05) is 35.9 Å². The number of halogens is 1. The maximum atomic E-state index is 12.5. The molecule has 0 bridgehead atoms. The van der Waals surface area contributed by atoms with Crippen LogP contribution in [0.1, 0.15) is 26.3 Å². The first-order chi connectivity index (χ1) is 13.0. The predicted molar refractivity (Wildman–Crippen MR) is 101 cm³/mol. The number of methoxy groups -OCH3 is 1. The van der Waals surface area contributed by atoms with Gasteiger partial charge in [0.1, 0.15) is 6.04 Å². The zero-order valence-electron chi connectivity index (χ0n) is 14.7. The first-order valence-electron chi connectivity index (χ1n) is 8.16. The maximum Gasteiger partial charge on any atom is 0.330 e. The predicted octanol–water partition coefficient (Wildman–Crippen LogP) is 1.50. The number of hydrogen-bond donors (Lipinski definition) is 3. The SMILES string of the molecule is COC(=O)[C@H](CNC(=O)c1ccccc1)NC(=O)c1ccc(CN)cc1Cl. The van der Waals surface area contributed by atoms with Gasteiger partial charge in [0.25, 0.3) is 11.8 Å².